The molecule has 1 saturated heterocycles. The van der Waals surface area contributed by atoms with Crippen LogP contribution in [0, 0.1) is 0 Å². The van der Waals surface area contributed by atoms with Gasteiger partial charge >= 0.3 is 11.9 Å². The highest BCUT2D eigenvalue weighted by atomic mass is 16.4. The first-order chi connectivity index (χ1) is 11.9. The summed E-state index contributed by atoms with van der Waals surface area (Å²) in [4.78, 5) is 30.4. The molecule has 0 aromatic heterocycles. The summed E-state index contributed by atoms with van der Waals surface area (Å²) in [6.45, 7) is 10.2. The van der Waals surface area contributed by atoms with Gasteiger partial charge in [0.15, 0.2) is 0 Å². The van der Waals surface area contributed by atoms with Crippen LogP contribution in [0.2, 0.25) is 0 Å². The first kappa shape index (κ1) is 21.8. The van der Waals surface area contributed by atoms with E-state index in [-0.39, 0.29) is 13.1 Å². The molecule has 0 saturated carbocycles. The molecule has 8 nitrogen and oxygen atoms in total. The van der Waals surface area contributed by atoms with Gasteiger partial charge in [0, 0.05) is 45.8 Å². The third kappa shape index (κ3) is 10.4. The van der Waals surface area contributed by atoms with E-state index < -0.39 is 11.9 Å². The second-order valence-electron chi connectivity index (χ2n) is 6.84. The Morgan fingerprint density at radius 3 is 2.00 bits per heavy atom. The molecule has 1 fully saturated rings. The third-order valence-corrected chi connectivity index (χ3v) is 4.52. The minimum atomic E-state index is -0.804. The van der Waals surface area contributed by atoms with Crippen LogP contribution in [0.25, 0.3) is 0 Å². The lowest BCUT2D eigenvalue weighted by atomic mass is 10.2. The maximum absolute atomic E-state index is 11.0. The quantitative estimate of drug-likeness (QED) is 0.586. The molecular weight excluding hydrogens is 324 g/mol. The third-order valence-electron chi connectivity index (χ3n) is 4.52. The number of hydrogen-bond donors (Lipinski definition) is 2. The Balaban J connectivity index is 2.56. The largest absolute Gasteiger partial charge is 0.480 e. The van der Waals surface area contributed by atoms with Crippen molar-refractivity contribution in [1.82, 2.24) is 19.6 Å². The van der Waals surface area contributed by atoms with Crippen LogP contribution in [0.5, 0.6) is 0 Å². The van der Waals surface area contributed by atoms with Crippen molar-refractivity contribution >= 4 is 11.9 Å². The van der Waals surface area contributed by atoms with Crippen LogP contribution in [0.15, 0.2) is 0 Å². The Morgan fingerprint density at radius 2 is 1.44 bits per heavy atom. The van der Waals surface area contributed by atoms with Crippen LogP contribution in [-0.2, 0) is 9.59 Å². The number of carbonyl (C=O) groups is 2. The molecule has 0 atom stereocenters. The van der Waals surface area contributed by atoms with Gasteiger partial charge in [-0.1, -0.05) is 6.92 Å². The van der Waals surface area contributed by atoms with E-state index in [1.807, 2.05) is 16.8 Å². The molecule has 0 aliphatic carbocycles. The normalized spacial score (nSPS) is 19.2. The van der Waals surface area contributed by atoms with Gasteiger partial charge in [0.25, 0.3) is 0 Å². The number of carboxylic acids is 2. The fraction of sp³-hybridized carbons (Fsp3) is 0.882. The molecule has 0 spiro atoms. The van der Waals surface area contributed by atoms with E-state index in [1.165, 1.54) is 0 Å². The Bertz CT molecular complexity index is 408. The predicted molar refractivity (Wildman–Crippen MR) is 97.0 cm³/mol. The molecule has 25 heavy (non-hydrogen) atoms. The number of carboxylic acid groups (broad SMARTS) is 2. The first-order valence-electron chi connectivity index (χ1n) is 9.20. The molecule has 1 aliphatic rings. The molecule has 1 heterocycles. The van der Waals surface area contributed by atoms with Crippen molar-refractivity contribution in [3.8, 4) is 0 Å². The van der Waals surface area contributed by atoms with E-state index in [2.05, 4.69) is 16.7 Å². The van der Waals surface area contributed by atoms with Gasteiger partial charge < -0.3 is 20.0 Å². The van der Waals surface area contributed by atoms with Crippen molar-refractivity contribution in [3.63, 3.8) is 0 Å². The Kier molecular flexibility index (Phi) is 10.6. The van der Waals surface area contributed by atoms with Crippen molar-refractivity contribution < 1.29 is 19.8 Å². The maximum atomic E-state index is 11.0. The lowest BCUT2D eigenvalue weighted by Crippen LogP contribution is -2.45. The van der Waals surface area contributed by atoms with Crippen LogP contribution in [0.4, 0.5) is 0 Å². The smallest absolute Gasteiger partial charge is 0.317 e. The number of aliphatic carboxylic acids is 2. The topological polar surface area (TPSA) is 87.6 Å². The van der Waals surface area contributed by atoms with Crippen LogP contribution in [0.1, 0.15) is 19.8 Å². The van der Waals surface area contributed by atoms with Crippen molar-refractivity contribution in [1.29, 1.82) is 0 Å². The molecule has 0 unspecified atom stereocenters. The molecule has 0 radical (unpaired) electrons. The number of nitrogens with zero attached hydrogens (tertiary/aromatic N) is 4. The van der Waals surface area contributed by atoms with Gasteiger partial charge in [-0.3, -0.25) is 19.4 Å². The van der Waals surface area contributed by atoms with E-state index in [0.717, 1.165) is 71.7 Å². The molecule has 146 valence electrons. The summed E-state index contributed by atoms with van der Waals surface area (Å²) < 4.78 is 0. The summed E-state index contributed by atoms with van der Waals surface area (Å²) in [7, 11) is 1.83. The minimum absolute atomic E-state index is 0.0577. The summed E-state index contributed by atoms with van der Waals surface area (Å²) in [6, 6.07) is 0. The van der Waals surface area contributed by atoms with Gasteiger partial charge in [0.05, 0.1) is 13.1 Å². The zero-order chi connectivity index (χ0) is 18.7. The van der Waals surface area contributed by atoms with E-state index in [0.29, 0.717) is 0 Å². The van der Waals surface area contributed by atoms with E-state index in [4.69, 9.17) is 10.2 Å². The van der Waals surface area contributed by atoms with Gasteiger partial charge in [-0.15, -0.1) is 0 Å². The number of hydrogen-bond acceptors (Lipinski definition) is 6. The van der Waals surface area contributed by atoms with Gasteiger partial charge in [0.2, 0.25) is 0 Å². The highest BCUT2D eigenvalue weighted by Gasteiger charge is 2.16. The number of rotatable bonds is 9. The zero-order valence-corrected chi connectivity index (χ0v) is 15.7. The second kappa shape index (κ2) is 12.2. The summed E-state index contributed by atoms with van der Waals surface area (Å²) in [5.74, 6) is -1.58. The highest BCUT2D eigenvalue weighted by Crippen LogP contribution is 2.03. The molecule has 0 aromatic rings. The molecule has 1 aliphatic heterocycles. The van der Waals surface area contributed by atoms with Crippen molar-refractivity contribution in [2.75, 3.05) is 79.0 Å². The fourth-order valence-corrected chi connectivity index (χ4v) is 3.15. The standard InChI is InChI=1S/C17H34N4O4/c1-3-5-19-10-11-20(9-8-18(2)14-16(22)23)6-4-7-21(13-12-19)15-17(24)25/h3-15H2,1-2H3,(H,22,23)(H,24,25). The molecule has 0 amide bonds. The Labute approximate surface area is 151 Å². The predicted octanol–water partition coefficient (Wildman–Crippen LogP) is -0.193. The zero-order valence-electron chi connectivity index (χ0n) is 15.7. The van der Waals surface area contributed by atoms with E-state index >= 15 is 0 Å². The lowest BCUT2D eigenvalue weighted by molar-refractivity contribution is -0.139. The van der Waals surface area contributed by atoms with Gasteiger partial charge in [-0.2, -0.15) is 0 Å². The summed E-state index contributed by atoms with van der Waals surface area (Å²) in [6.07, 6.45) is 2.02. The number of likely N-dealkylation sites (N-methyl/N-ethyl adjacent to an activating group) is 1. The second-order valence-corrected chi connectivity index (χ2v) is 6.84. The van der Waals surface area contributed by atoms with E-state index in [9.17, 15) is 9.59 Å². The molecule has 8 heteroatoms. The Morgan fingerprint density at radius 1 is 0.880 bits per heavy atom. The van der Waals surface area contributed by atoms with Gasteiger partial charge in [-0.05, 0) is 33.0 Å². The van der Waals surface area contributed by atoms with Crippen LogP contribution < -0.4 is 0 Å². The molecule has 1 rings (SSSR count). The van der Waals surface area contributed by atoms with Gasteiger partial charge in [0.1, 0.15) is 0 Å². The average Bonchev–Trinajstić information content (AvgIpc) is 2.52. The summed E-state index contributed by atoms with van der Waals surface area (Å²) >= 11 is 0. The first-order valence-corrected chi connectivity index (χ1v) is 9.20. The van der Waals surface area contributed by atoms with E-state index in [1.54, 1.807) is 0 Å². The summed E-state index contributed by atoms with van der Waals surface area (Å²) in [5.41, 5.74) is 0. The van der Waals surface area contributed by atoms with Crippen LogP contribution in [-0.4, -0.2) is 121 Å². The average molecular weight is 358 g/mol. The van der Waals surface area contributed by atoms with Crippen molar-refractivity contribution in [2.24, 2.45) is 0 Å². The fourth-order valence-electron chi connectivity index (χ4n) is 3.15. The highest BCUT2D eigenvalue weighted by molar-refractivity contribution is 5.69. The molecule has 2 N–H and O–H groups in total. The monoisotopic (exact) mass is 358 g/mol. The van der Waals surface area contributed by atoms with Crippen molar-refractivity contribution in [2.45, 2.75) is 19.8 Å². The SMILES string of the molecule is CCCN1CCN(CCN(C)CC(=O)O)CCCN(CC(=O)O)CC1. The molecule has 0 aromatic carbocycles. The van der Waals surface area contributed by atoms with Gasteiger partial charge in [-0.25, -0.2) is 0 Å². The minimum Gasteiger partial charge on any atom is -0.480 e. The lowest BCUT2D eigenvalue weighted by Gasteiger charge is -2.32. The van der Waals surface area contributed by atoms with Crippen molar-refractivity contribution in [3.05, 3.63) is 0 Å². The van der Waals surface area contributed by atoms with Crippen LogP contribution >= 0.6 is 0 Å². The maximum Gasteiger partial charge on any atom is 0.317 e. The molecular formula is C17H34N4O4. The summed E-state index contributed by atoms with van der Waals surface area (Å²) in [5, 5.41) is 17.9. The molecule has 0 bridgehead atoms. The van der Waals surface area contributed by atoms with Crippen LogP contribution in [0.3, 0.4) is 0 Å². The Hall–Kier alpha value is -1.22.